The van der Waals surface area contributed by atoms with E-state index in [9.17, 15) is 4.21 Å². The van der Waals surface area contributed by atoms with Gasteiger partial charge in [-0.3, -0.25) is 4.21 Å². The number of fused-ring (bicyclic) bond motifs is 1. The zero-order chi connectivity index (χ0) is 11.8. The first kappa shape index (κ1) is 11.4. The van der Waals surface area contributed by atoms with Gasteiger partial charge < -0.3 is 0 Å². The molecular weight excluding hydrogens is 216 g/mol. The van der Waals surface area contributed by atoms with Crippen LogP contribution in [0.2, 0.25) is 0 Å². The van der Waals surface area contributed by atoms with Crippen molar-refractivity contribution in [3.05, 3.63) is 29.3 Å². The summed E-state index contributed by atoms with van der Waals surface area (Å²) in [5.41, 5.74) is 2.12. The quantitative estimate of drug-likeness (QED) is 0.629. The molecule has 0 radical (unpaired) electrons. The molecule has 84 valence electrons. The lowest BCUT2D eigenvalue weighted by molar-refractivity contribution is 0.471. The maximum atomic E-state index is 12.1. The maximum absolute atomic E-state index is 12.1. The summed E-state index contributed by atoms with van der Waals surface area (Å²) in [5, 5.41) is 0. The molecule has 1 aliphatic heterocycles. The molecule has 0 bridgehead atoms. The minimum Gasteiger partial charge on any atom is -0.254 e. The van der Waals surface area contributed by atoms with Crippen molar-refractivity contribution in [2.75, 3.05) is 5.75 Å². The van der Waals surface area contributed by atoms with E-state index in [0.29, 0.717) is 0 Å². The standard InChI is InChI=1S/C14H16OS/c1-4-11-6-7-13-12(10-11)14(2,3)8-5-9-16(13)15/h1,6-7,10H,5,8-9H2,2-3H3. The number of hydrogen-bond acceptors (Lipinski definition) is 1. The van der Waals surface area contributed by atoms with Gasteiger partial charge >= 0.3 is 0 Å². The fraction of sp³-hybridized carbons (Fsp3) is 0.429. The summed E-state index contributed by atoms with van der Waals surface area (Å²) in [7, 11) is -0.858. The second kappa shape index (κ2) is 4.07. The van der Waals surface area contributed by atoms with E-state index in [1.165, 1.54) is 5.56 Å². The highest BCUT2D eigenvalue weighted by Gasteiger charge is 2.28. The van der Waals surface area contributed by atoms with Gasteiger partial charge in [0.1, 0.15) is 0 Å². The molecule has 0 spiro atoms. The van der Waals surface area contributed by atoms with Crippen LogP contribution in [0.5, 0.6) is 0 Å². The van der Waals surface area contributed by atoms with Crippen LogP contribution in [0, 0.1) is 12.3 Å². The van der Waals surface area contributed by atoms with Gasteiger partial charge in [-0.2, -0.15) is 0 Å². The van der Waals surface area contributed by atoms with E-state index in [0.717, 1.165) is 29.1 Å². The van der Waals surface area contributed by atoms with Gasteiger partial charge in [0.05, 0.1) is 10.8 Å². The third-order valence-corrected chi connectivity index (χ3v) is 4.76. The van der Waals surface area contributed by atoms with Crippen LogP contribution in [0.4, 0.5) is 0 Å². The van der Waals surface area contributed by atoms with Gasteiger partial charge in [0.15, 0.2) is 0 Å². The van der Waals surface area contributed by atoms with E-state index < -0.39 is 10.8 Å². The molecule has 0 saturated heterocycles. The molecule has 0 fully saturated rings. The SMILES string of the molecule is C#Cc1ccc2c(c1)C(C)(C)CCCS2=O. The molecule has 1 heterocycles. The Hall–Kier alpha value is -1.07. The van der Waals surface area contributed by atoms with Gasteiger partial charge in [-0.05, 0) is 42.0 Å². The van der Waals surface area contributed by atoms with Crippen LogP contribution < -0.4 is 0 Å². The van der Waals surface area contributed by atoms with Gasteiger partial charge in [0.2, 0.25) is 0 Å². The maximum Gasteiger partial charge on any atom is 0.0532 e. The Morgan fingerprint density at radius 3 is 2.88 bits per heavy atom. The molecule has 1 atom stereocenters. The third-order valence-electron chi connectivity index (χ3n) is 3.25. The van der Waals surface area contributed by atoms with Crippen LogP contribution >= 0.6 is 0 Å². The van der Waals surface area contributed by atoms with Gasteiger partial charge in [-0.25, -0.2) is 0 Å². The Labute approximate surface area is 99.7 Å². The molecule has 0 amide bonds. The van der Waals surface area contributed by atoms with Crippen LogP contribution in [0.1, 0.15) is 37.8 Å². The number of terminal acetylenes is 1. The lowest BCUT2D eigenvalue weighted by atomic mass is 9.80. The van der Waals surface area contributed by atoms with Crippen molar-refractivity contribution in [3.63, 3.8) is 0 Å². The van der Waals surface area contributed by atoms with Crippen molar-refractivity contribution < 1.29 is 4.21 Å². The highest BCUT2D eigenvalue weighted by molar-refractivity contribution is 7.85. The first-order valence-corrected chi connectivity index (χ1v) is 6.86. The van der Waals surface area contributed by atoms with Crippen molar-refractivity contribution in [2.45, 2.75) is 37.0 Å². The van der Waals surface area contributed by atoms with E-state index >= 15 is 0 Å². The summed E-state index contributed by atoms with van der Waals surface area (Å²) in [6.45, 7) is 4.41. The summed E-state index contributed by atoms with van der Waals surface area (Å²) in [6, 6.07) is 5.85. The van der Waals surface area contributed by atoms with E-state index in [2.05, 4.69) is 19.8 Å². The van der Waals surface area contributed by atoms with E-state index in [1.54, 1.807) is 0 Å². The molecule has 2 heteroatoms. The van der Waals surface area contributed by atoms with Crippen LogP contribution in [-0.2, 0) is 16.2 Å². The van der Waals surface area contributed by atoms with E-state index in [4.69, 9.17) is 6.42 Å². The van der Waals surface area contributed by atoms with Crippen LogP contribution in [0.15, 0.2) is 23.1 Å². The fourth-order valence-corrected chi connectivity index (χ4v) is 3.66. The van der Waals surface area contributed by atoms with Gasteiger partial charge in [-0.1, -0.05) is 19.8 Å². The molecule has 16 heavy (non-hydrogen) atoms. The number of benzene rings is 1. The zero-order valence-electron chi connectivity index (χ0n) is 9.75. The Balaban J connectivity index is 2.64. The van der Waals surface area contributed by atoms with Crippen molar-refractivity contribution in [3.8, 4) is 12.3 Å². The first-order chi connectivity index (χ1) is 7.54. The smallest absolute Gasteiger partial charge is 0.0532 e. The topological polar surface area (TPSA) is 17.1 Å². The van der Waals surface area contributed by atoms with Gasteiger partial charge in [0.25, 0.3) is 0 Å². The number of hydrogen-bond donors (Lipinski definition) is 0. The summed E-state index contributed by atoms with van der Waals surface area (Å²) in [6.07, 6.45) is 7.50. The Morgan fingerprint density at radius 1 is 1.44 bits per heavy atom. The van der Waals surface area contributed by atoms with E-state index in [1.807, 2.05) is 18.2 Å². The van der Waals surface area contributed by atoms with Crippen LogP contribution in [0.25, 0.3) is 0 Å². The van der Waals surface area contributed by atoms with E-state index in [-0.39, 0.29) is 5.41 Å². The third kappa shape index (κ3) is 1.92. The summed E-state index contributed by atoms with van der Waals surface area (Å²) < 4.78 is 12.1. The predicted molar refractivity (Wildman–Crippen MR) is 67.9 cm³/mol. The lowest BCUT2D eigenvalue weighted by Crippen LogP contribution is -2.17. The molecule has 2 rings (SSSR count). The highest BCUT2D eigenvalue weighted by atomic mass is 32.2. The monoisotopic (exact) mass is 232 g/mol. The van der Waals surface area contributed by atoms with Crippen molar-refractivity contribution in [1.29, 1.82) is 0 Å². The van der Waals surface area contributed by atoms with Crippen molar-refractivity contribution in [1.82, 2.24) is 0 Å². The molecular formula is C14H16OS. The number of rotatable bonds is 0. The molecule has 0 aliphatic carbocycles. The minimum atomic E-state index is -0.858. The van der Waals surface area contributed by atoms with Gasteiger partial charge in [0, 0.05) is 16.2 Å². The van der Waals surface area contributed by atoms with Crippen molar-refractivity contribution in [2.24, 2.45) is 0 Å². The molecule has 1 aliphatic rings. The molecule has 1 aromatic carbocycles. The minimum absolute atomic E-state index is 0.0777. The summed E-state index contributed by atoms with van der Waals surface area (Å²) in [5.74, 6) is 3.42. The van der Waals surface area contributed by atoms with Crippen LogP contribution in [-0.4, -0.2) is 9.96 Å². The normalized spacial score (nSPS) is 22.9. The molecule has 0 aromatic heterocycles. The Morgan fingerprint density at radius 2 is 2.19 bits per heavy atom. The van der Waals surface area contributed by atoms with Crippen LogP contribution in [0.3, 0.4) is 0 Å². The zero-order valence-corrected chi connectivity index (χ0v) is 10.6. The molecule has 0 saturated carbocycles. The average molecular weight is 232 g/mol. The largest absolute Gasteiger partial charge is 0.254 e. The summed E-state index contributed by atoms with van der Waals surface area (Å²) in [4.78, 5) is 0.974. The molecule has 1 nitrogen and oxygen atoms in total. The summed E-state index contributed by atoms with van der Waals surface area (Å²) >= 11 is 0. The Bertz CT molecular complexity index is 480. The predicted octanol–water partition coefficient (Wildman–Crippen LogP) is 2.85. The lowest BCUT2D eigenvalue weighted by Gasteiger charge is -2.24. The second-order valence-corrected chi connectivity index (χ2v) is 6.43. The fourth-order valence-electron chi connectivity index (χ4n) is 2.24. The molecule has 0 N–H and O–H groups in total. The van der Waals surface area contributed by atoms with Gasteiger partial charge in [-0.15, -0.1) is 6.42 Å². The molecule has 1 aromatic rings. The first-order valence-electron chi connectivity index (χ1n) is 5.54. The highest BCUT2D eigenvalue weighted by Crippen LogP contribution is 2.36. The second-order valence-electron chi connectivity index (χ2n) is 4.89. The molecule has 1 unspecified atom stereocenters. The average Bonchev–Trinajstić information content (AvgIpc) is 2.37. The van der Waals surface area contributed by atoms with Crippen molar-refractivity contribution >= 4 is 10.8 Å². The Kier molecular flexibility index (Phi) is 2.90.